The minimum Gasteiger partial charge on any atom is -0.497 e. The zero-order valence-corrected chi connectivity index (χ0v) is 12.6. The molecule has 0 saturated heterocycles. The number of benzene rings is 2. The molecule has 0 aliphatic rings. The molecule has 0 radical (unpaired) electrons. The lowest BCUT2D eigenvalue weighted by Crippen LogP contribution is -1.85. The van der Waals surface area contributed by atoms with Crippen molar-refractivity contribution < 1.29 is 4.74 Å². The third kappa shape index (κ3) is 3.58. The summed E-state index contributed by atoms with van der Waals surface area (Å²) in [6.07, 6.45) is 1.89. The second-order valence-electron chi connectivity index (χ2n) is 3.95. The number of allylic oxidation sites excluding steroid dienone is 1. The predicted octanol–water partition coefficient (Wildman–Crippen LogP) is 4.36. The van der Waals surface area contributed by atoms with Crippen LogP contribution < -0.4 is 4.74 Å². The first-order valence-corrected chi connectivity index (χ1v) is 6.82. The van der Waals surface area contributed by atoms with E-state index in [0.29, 0.717) is 5.57 Å². The summed E-state index contributed by atoms with van der Waals surface area (Å²) >= 11 is 2.26. The van der Waals surface area contributed by atoms with Gasteiger partial charge in [-0.15, -0.1) is 0 Å². The van der Waals surface area contributed by atoms with Gasteiger partial charge in [-0.3, -0.25) is 0 Å². The van der Waals surface area contributed by atoms with E-state index in [1.54, 1.807) is 7.11 Å². The van der Waals surface area contributed by atoms with Gasteiger partial charge in [0, 0.05) is 3.57 Å². The summed E-state index contributed by atoms with van der Waals surface area (Å²) < 4.78 is 6.29. The van der Waals surface area contributed by atoms with Crippen molar-refractivity contribution in [2.45, 2.75) is 0 Å². The lowest BCUT2D eigenvalue weighted by Gasteiger charge is -2.02. The summed E-state index contributed by atoms with van der Waals surface area (Å²) in [5, 5.41) is 9.27. The Hall–Kier alpha value is -1.80. The number of hydrogen-bond acceptors (Lipinski definition) is 2. The molecular formula is C16H12INO. The van der Waals surface area contributed by atoms with Crippen LogP contribution in [0.5, 0.6) is 5.75 Å². The second kappa shape index (κ2) is 6.39. The average Bonchev–Trinajstić information content (AvgIpc) is 2.47. The zero-order valence-electron chi connectivity index (χ0n) is 10.4. The molecule has 0 unspecified atom stereocenters. The molecule has 3 heteroatoms. The van der Waals surface area contributed by atoms with Crippen molar-refractivity contribution in [1.82, 2.24) is 0 Å². The lowest BCUT2D eigenvalue weighted by molar-refractivity contribution is 0.415. The Balaban J connectivity index is 2.33. The molecule has 2 rings (SSSR count). The van der Waals surface area contributed by atoms with Gasteiger partial charge in [-0.25, -0.2) is 0 Å². The van der Waals surface area contributed by atoms with E-state index in [1.807, 2.05) is 54.6 Å². The standard InChI is InChI=1S/C16H12INO/c1-19-16-8-4-13(5-9-16)14(11-18)10-12-2-6-15(17)7-3-12/h2-10H,1H3. The summed E-state index contributed by atoms with van der Waals surface area (Å²) in [5.74, 6) is 0.787. The monoisotopic (exact) mass is 361 g/mol. The Labute approximate surface area is 126 Å². The maximum absolute atomic E-state index is 9.27. The number of methoxy groups -OCH3 is 1. The van der Waals surface area contributed by atoms with E-state index in [2.05, 4.69) is 28.7 Å². The average molecular weight is 361 g/mol. The molecule has 2 nitrogen and oxygen atoms in total. The van der Waals surface area contributed by atoms with Gasteiger partial charge >= 0.3 is 0 Å². The Morgan fingerprint density at radius 2 is 1.74 bits per heavy atom. The molecule has 0 aliphatic heterocycles. The molecule has 0 aliphatic carbocycles. The van der Waals surface area contributed by atoms with Crippen LogP contribution in [-0.4, -0.2) is 7.11 Å². The number of hydrogen-bond donors (Lipinski definition) is 0. The topological polar surface area (TPSA) is 33.0 Å². The minimum atomic E-state index is 0.642. The molecule has 0 amide bonds. The van der Waals surface area contributed by atoms with Crippen LogP contribution in [0.2, 0.25) is 0 Å². The minimum absolute atomic E-state index is 0.642. The van der Waals surface area contributed by atoms with E-state index in [1.165, 1.54) is 3.57 Å². The SMILES string of the molecule is COc1ccc(C(C#N)=Cc2ccc(I)cc2)cc1. The molecular weight excluding hydrogens is 349 g/mol. The molecule has 19 heavy (non-hydrogen) atoms. The molecule has 0 atom stereocenters. The first kappa shape index (κ1) is 13.6. The summed E-state index contributed by atoms with van der Waals surface area (Å²) in [7, 11) is 1.63. The summed E-state index contributed by atoms with van der Waals surface area (Å²) in [5.41, 5.74) is 2.55. The van der Waals surface area contributed by atoms with E-state index >= 15 is 0 Å². The third-order valence-corrected chi connectivity index (χ3v) is 3.42. The van der Waals surface area contributed by atoms with E-state index in [-0.39, 0.29) is 0 Å². The zero-order chi connectivity index (χ0) is 13.7. The van der Waals surface area contributed by atoms with Crippen LogP contribution in [0.25, 0.3) is 11.6 Å². The van der Waals surface area contributed by atoms with Gasteiger partial charge in [-0.1, -0.05) is 12.1 Å². The summed E-state index contributed by atoms with van der Waals surface area (Å²) in [4.78, 5) is 0. The highest BCUT2D eigenvalue weighted by molar-refractivity contribution is 14.1. The molecule has 94 valence electrons. The molecule has 2 aromatic carbocycles. The maximum atomic E-state index is 9.27. The fraction of sp³-hybridized carbons (Fsp3) is 0.0625. The van der Waals surface area contributed by atoms with E-state index < -0.39 is 0 Å². The largest absolute Gasteiger partial charge is 0.497 e. The second-order valence-corrected chi connectivity index (χ2v) is 5.20. The smallest absolute Gasteiger partial charge is 0.118 e. The highest BCUT2D eigenvalue weighted by atomic mass is 127. The Morgan fingerprint density at radius 3 is 2.26 bits per heavy atom. The van der Waals surface area contributed by atoms with E-state index in [0.717, 1.165) is 16.9 Å². The Morgan fingerprint density at radius 1 is 1.11 bits per heavy atom. The maximum Gasteiger partial charge on any atom is 0.118 e. The van der Waals surface area contributed by atoms with Gasteiger partial charge in [0.25, 0.3) is 0 Å². The van der Waals surface area contributed by atoms with Gasteiger partial charge in [0.1, 0.15) is 5.75 Å². The quantitative estimate of drug-likeness (QED) is 0.462. The van der Waals surface area contributed by atoms with Crippen LogP contribution in [0, 0.1) is 14.9 Å². The van der Waals surface area contributed by atoms with Crippen molar-refractivity contribution in [3.63, 3.8) is 0 Å². The Bertz CT molecular complexity index is 621. The van der Waals surface area contributed by atoms with Crippen LogP contribution in [0.1, 0.15) is 11.1 Å². The molecule has 0 saturated carbocycles. The molecule has 0 fully saturated rings. The summed E-state index contributed by atoms with van der Waals surface area (Å²) in [6, 6.07) is 17.8. The van der Waals surface area contributed by atoms with Crippen molar-refractivity contribution in [3.8, 4) is 11.8 Å². The summed E-state index contributed by atoms with van der Waals surface area (Å²) in [6.45, 7) is 0. The number of halogens is 1. The van der Waals surface area contributed by atoms with Crippen LogP contribution in [0.4, 0.5) is 0 Å². The van der Waals surface area contributed by atoms with Crippen molar-refractivity contribution in [2.75, 3.05) is 7.11 Å². The first-order chi connectivity index (χ1) is 9.22. The number of rotatable bonds is 3. The molecule has 0 N–H and O–H groups in total. The highest BCUT2D eigenvalue weighted by Gasteiger charge is 2.01. The van der Waals surface area contributed by atoms with Crippen LogP contribution in [0.15, 0.2) is 48.5 Å². The van der Waals surface area contributed by atoms with Gasteiger partial charge in [-0.05, 0) is 76.2 Å². The molecule has 2 aromatic rings. The Kier molecular flexibility index (Phi) is 4.58. The fourth-order valence-electron chi connectivity index (χ4n) is 1.68. The molecule has 0 bridgehead atoms. The lowest BCUT2D eigenvalue weighted by atomic mass is 10.0. The van der Waals surface area contributed by atoms with E-state index in [4.69, 9.17) is 4.74 Å². The molecule has 0 spiro atoms. The van der Waals surface area contributed by atoms with Gasteiger partial charge in [-0.2, -0.15) is 5.26 Å². The normalized spacial score (nSPS) is 10.9. The number of nitriles is 1. The first-order valence-electron chi connectivity index (χ1n) is 5.75. The molecule has 0 aromatic heterocycles. The van der Waals surface area contributed by atoms with Crippen LogP contribution in [0.3, 0.4) is 0 Å². The van der Waals surface area contributed by atoms with Crippen LogP contribution >= 0.6 is 22.6 Å². The van der Waals surface area contributed by atoms with Gasteiger partial charge < -0.3 is 4.74 Å². The van der Waals surface area contributed by atoms with Crippen LogP contribution in [-0.2, 0) is 0 Å². The highest BCUT2D eigenvalue weighted by Crippen LogP contribution is 2.21. The van der Waals surface area contributed by atoms with E-state index in [9.17, 15) is 5.26 Å². The molecule has 0 heterocycles. The predicted molar refractivity (Wildman–Crippen MR) is 85.6 cm³/mol. The van der Waals surface area contributed by atoms with Crippen molar-refractivity contribution >= 4 is 34.2 Å². The van der Waals surface area contributed by atoms with Gasteiger partial charge in [0.05, 0.1) is 18.8 Å². The number of nitrogens with zero attached hydrogens (tertiary/aromatic N) is 1. The van der Waals surface area contributed by atoms with Crippen molar-refractivity contribution in [3.05, 3.63) is 63.2 Å². The van der Waals surface area contributed by atoms with Crippen molar-refractivity contribution in [2.24, 2.45) is 0 Å². The fourth-order valence-corrected chi connectivity index (χ4v) is 2.04. The number of ether oxygens (including phenoxy) is 1. The van der Waals surface area contributed by atoms with Crippen molar-refractivity contribution in [1.29, 1.82) is 5.26 Å². The van der Waals surface area contributed by atoms with Gasteiger partial charge in [0.15, 0.2) is 0 Å². The van der Waals surface area contributed by atoms with Gasteiger partial charge in [0.2, 0.25) is 0 Å². The third-order valence-electron chi connectivity index (χ3n) is 2.70.